The standard InChI is InChI=1S/C8H17N4O2P/c9-4-3-7(10)12-15(14)6-2-1-5-11-8(6)13/h6-7H,1-5,9-10H2,(H-,11,12,13,14)/p+1/t6-,7?/m0/s1. The Morgan fingerprint density at radius 1 is 1.67 bits per heavy atom. The van der Waals surface area contributed by atoms with Crippen molar-refractivity contribution in [3.63, 3.8) is 0 Å². The van der Waals surface area contributed by atoms with Gasteiger partial charge in [0.1, 0.15) is 0 Å². The highest BCUT2D eigenvalue weighted by molar-refractivity contribution is 7.44. The molecule has 1 saturated heterocycles. The zero-order valence-electron chi connectivity index (χ0n) is 8.61. The summed E-state index contributed by atoms with van der Waals surface area (Å²) in [4.78, 5) is 11.4. The van der Waals surface area contributed by atoms with Gasteiger partial charge in [-0.05, 0) is 24.0 Å². The molecule has 1 rings (SSSR count). The van der Waals surface area contributed by atoms with Crippen LogP contribution < -0.4 is 21.9 Å². The molecule has 1 amide bonds. The van der Waals surface area contributed by atoms with Gasteiger partial charge >= 0.3 is 7.95 Å². The fraction of sp³-hybridized carbons (Fsp3) is 0.875. The predicted molar refractivity (Wildman–Crippen MR) is 58.4 cm³/mol. The Morgan fingerprint density at radius 2 is 2.40 bits per heavy atom. The van der Waals surface area contributed by atoms with E-state index in [4.69, 9.17) is 11.5 Å². The number of carbonyl (C=O) groups is 1. The molecule has 1 aliphatic rings. The zero-order valence-corrected chi connectivity index (χ0v) is 9.50. The molecule has 0 radical (unpaired) electrons. The van der Waals surface area contributed by atoms with Gasteiger partial charge in [0.25, 0.3) is 11.6 Å². The Labute approximate surface area is 90.0 Å². The van der Waals surface area contributed by atoms with Gasteiger partial charge in [-0.15, -0.1) is 0 Å². The van der Waals surface area contributed by atoms with Crippen LogP contribution in [-0.4, -0.2) is 30.8 Å². The first kappa shape index (κ1) is 12.5. The second kappa shape index (κ2) is 6.12. The van der Waals surface area contributed by atoms with Gasteiger partial charge < -0.3 is 16.8 Å². The third kappa shape index (κ3) is 3.83. The molecule has 0 aromatic rings. The molecule has 6 N–H and O–H groups in total. The van der Waals surface area contributed by atoms with Gasteiger partial charge in [0.15, 0.2) is 0 Å². The second-order valence-corrected chi connectivity index (χ2v) is 5.12. The molecule has 3 atom stereocenters. The first-order chi connectivity index (χ1) is 7.15. The lowest BCUT2D eigenvalue weighted by Crippen LogP contribution is -2.42. The van der Waals surface area contributed by atoms with Crippen molar-refractivity contribution in [1.82, 2.24) is 10.4 Å². The summed E-state index contributed by atoms with van der Waals surface area (Å²) in [6, 6.07) is 0. The molecule has 15 heavy (non-hydrogen) atoms. The average molecular weight is 233 g/mol. The molecular formula is C8H18N4O2P+. The first-order valence-corrected chi connectivity index (χ1v) is 6.44. The van der Waals surface area contributed by atoms with Crippen LogP contribution in [0.4, 0.5) is 0 Å². The maximum atomic E-state index is 11.7. The number of carbonyl (C=O) groups excluding carboxylic acids is 1. The van der Waals surface area contributed by atoms with Crippen LogP contribution >= 0.6 is 7.95 Å². The van der Waals surface area contributed by atoms with E-state index in [1.165, 1.54) is 0 Å². The lowest BCUT2D eigenvalue weighted by atomic mass is 10.1. The fourth-order valence-corrected chi connectivity index (χ4v) is 2.83. The first-order valence-electron chi connectivity index (χ1n) is 5.11. The maximum absolute atomic E-state index is 11.7. The van der Waals surface area contributed by atoms with Crippen LogP contribution in [0.5, 0.6) is 0 Å². The number of hydrogen-bond donors (Lipinski definition) is 4. The molecule has 6 nitrogen and oxygen atoms in total. The summed E-state index contributed by atoms with van der Waals surface area (Å²) >= 11 is 0. The van der Waals surface area contributed by atoms with Crippen LogP contribution in [0.1, 0.15) is 19.3 Å². The van der Waals surface area contributed by atoms with E-state index in [2.05, 4.69) is 10.4 Å². The van der Waals surface area contributed by atoms with Crippen LogP contribution in [0.15, 0.2) is 0 Å². The summed E-state index contributed by atoms with van der Waals surface area (Å²) < 4.78 is 11.7. The number of amides is 1. The Hall–Kier alpha value is -0.550. The van der Waals surface area contributed by atoms with Gasteiger partial charge in [0.2, 0.25) is 0 Å². The van der Waals surface area contributed by atoms with Crippen molar-refractivity contribution >= 4 is 13.9 Å². The number of nitrogens with one attached hydrogen (secondary N) is 2. The lowest BCUT2D eigenvalue weighted by Gasteiger charge is -2.15. The predicted octanol–water partition coefficient (Wildman–Crippen LogP) is -0.769. The summed E-state index contributed by atoms with van der Waals surface area (Å²) in [6.45, 7) is 1.11. The van der Waals surface area contributed by atoms with Crippen molar-refractivity contribution < 1.29 is 9.36 Å². The van der Waals surface area contributed by atoms with Crippen molar-refractivity contribution in [3.05, 3.63) is 0 Å². The third-order valence-electron chi connectivity index (χ3n) is 2.31. The molecule has 86 valence electrons. The zero-order chi connectivity index (χ0) is 11.3. The van der Waals surface area contributed by atoms with Crippen molar-refractivity contribution in [3.8, 4) is 0 Å². The van der Waals surface area contributed by atoms with Crippen LogP contribution in [0, 0.1) is 0 Å². The summed E-state index contributed by atoms with van der Waals surface area (Å²) in [5.74, 6) is -0.144. The molecule has 7 heteroatoms. The summed E-state index contributed by atoms with van der Waals surface area (Å²) in [5, 5.41) is 5.42. The van der Waals surface area contributed by atoms with Crippen LogP contribution in [-0.2, 0) is 9.36 Å². The van der Waals surface area contributed by atoms with Crippen LogP contribution in [0.2, 0.25) is 0 Å². The number of nitrogens with two attached hydrogens (primary N) is 2. The van der Waals surface area contributed by atoms with E-state index in [9.17, 15) is 9.36 Å². The van der Waals surface area contributed by atoms with Gasteiger partial charge in [0.05, 0.1) is 6.17 Å². The van der Waals surface area contributed by atoms with E-state index in [-0.39, 0.29) is 5.91 Å². The van der Waals surface area contributed by atoms with Crippen molar-refractivity contribution in [2.75, 3.05) is 13.1 Å². The van der Waals surface area contributed by atoms with Crippen LogP contribution in [0.3, 0.4) is 0 Å². The Balaban J connectivity index is 2.41. The molecular weight excluding hydrogens is 215 g/mol. The minimum absolute atomic E-state index is 0.144. The minimum Gasteiger partial charge on any atom is -0.352 e. The summed E-state index contributed by atoms with van der Waals surface area (Å²) in [7, 11) is -1.78. The minimum atomic E-state index is -1.78. The summed E-state index contributed by atoms with van der Waals surface area (Å²) in [5.41, 5.74) is 10.5. The largest absolute Gasteiger partial charge is 0.446 e. The monoisotopic (exact) mass is 233 g/mol. The van der Waals surface area contributed by atoms with E-state index < -0.39 is 19.8 Å². The molecule has 1 aliphatic heterocycles. The third-order valence-corrected chi connectivity index (χ3v) is 3.96. The highest BCUT2D eigenvalue weighted by atomic mass is 31.1. The maximum Gasteiger partial charge on any atom is 0.446 e. The summed E-state index contributed by atoms with van der Waals surface area (Å²) in [6.07, 6.45) is 1.68. The Morgan fingerprint density at radius 3 is 3.00 bits per heavy atom. The smallest absolute Gasteiger partial charge is 0.352 e. The van der Waals surface area contributed by atoms with Crippen molar-refractivity contribution in [1.29, 1.82) is 0 Å². The average Bonchev–Trinajstić information content (AvgIpc) is 2.18. The fourth-order valence-electron chi connectivity index (χ4n) is 1.48. The molecule has 2 unspecified atom stereocenters. The Bertz CT molecular complexity index is 249. The van der Waals surface area contributed by atoms with Gasteiger partial charge in [-0.1, -0.05) is 5.09 Å². The van der Waals surface area contributed by atoms with E-state index >= 15 is 0 Å². The topological polar surface area (TPSA) is 110 Å². The van der Waals surface area contributed by atoms with Crippen LogP contribution in [0.25, 0.3) is 0 Å². The number of piperidine rings is 1. The van der Waals surface area contributed by atoms with Gasteiger partial charge in [-0.25, -0.2) is 0 Å². The van der Waals surface area contributed by atoms with Crippen molar-refractivity contribution in [2.24, 2.45) is 11.5 Å². The van der Waals surface area contributed by atoms with Crippen molar-refractivity contribution in [2.45, 2.75) is 31.1 Å². The highest BCUT2D eigenvalue weighted by Crippen LogP contribution is 2.29. The van der Waals surface area contributed by atoms with E-state index in [0.717, 1.165) is 6.42 Å². The molecule has 0 aromatic carbocycles. The highest BCUT2D eigenvalue weighted by Gasteiger charge is 2.40. The number of hydrogen-bond acceptors (Lipinski definition) is 4. The molecule has 0 bridgehead atoms. The Kier molecular flexibility index (Phi) is 5.11. The molecule has 1 fully saturated rings. The number of rotatable bonds is 5. The molecule has 0 saturated carbocycles. The quantitative estimate of drug-likeness (QED) is 0.368. The lowest BCUT2D eigenvalue weighted by molar-refractivity contribution is -0.121. The molecule has 0 spiro atoms. The van der Waals surface area contributed by atoms with Gasteiger partial charge in [0, 0.05) is 13.0 Å². The molecule has 0 aliphatic carbocycles. The van der Waals surface area contributed by atoms with Gasteiger partial charge in [-0.3, -0.25) is 4.79 Å². The van der Waals surface area contributed by atoms with E-state index in [1.54, 1.807) is 0 Å². The normalized spacial score (nSPS) is 24.5. The SMILES string of the molecule is NCCC(N)N[P+](=O)[C@H]1CCCNC1=O. The molecule has 0 aromatic heterocycles. The second-order valence-electron chi connectivity index (χ2n) is 3.59. The van der Waals surface area contributed by atoms with E-state index in [0.29, 0.717) is 25.9 Å². The van der Waals surface area contributed by atoms with E-state index in [1.807, 2.05) is 0 Å². The molecule has 1 heterocycles. The van der Waals surface area contributed by atoms with Gasteiger partial charge in [-0.2, -0.15) is 0 Å².